The van der Waals surface area contributed by atoms with E-state index in [1.54, 1.807) is 0 Å². The van der Waals surface area contributed by atoms with Crippen molar-refractivity contribution in [1.82, 2.24) is 4.57 Å². The fraction of sp³-hybridized carbons (Fsp3) is 0. The summed E-state index contributed by atoms with van der Waals surface area (Å²) < 4.78 is 2.39. The van der Waals surface area contributed by atoms with Crippen LogP contribution in [0.5, 0.6) is 0 Å². The highest BCUT2D eigenvalue weighted by Gasteiger charge is 2.19. The molecule has 1 aromatic heterocycles. The minimum atomic E-state index is 1.10. The Balaban J connectivity index is 1.01. The van der Waals surface area contributed by atoms with Gasteiger partial charge in [0.1, 0.15) is 0 Å². The first kappa shape index (κ1) is 32.0. The Hall–Kier alpha value is -7.42. The fourth-order valence-corrected chi connectivity index (χ4v) is 8.56. The standard InChI is InChI=1S/C54H36N2/c1-2-15-46(16-3-1)56-53-19-9-8-18-50(53)51-32-31-48(36-54(51)56)55(52-20-10-14-39-12-6-7-17-49(39)52)47-29-27-38(28-30-47)41-23-24-44-35-45(26-25-43(44)34-41)42-22-21-37-11-4-5-13-40(37)33-42/h1-36H. The number of aromatic nitrogens is 1. The molecule has 1 heterocycles. The number of nitrogens with zero attached hydrogens (tertiary/aromatic N) is 2. The molecule has 0 aliphatic carbocycles. The molecule has 56 heavy (non-hydrogen) atoms. The summed E-state index contributed by atoms with van der Waals surface area (Å²) in [6.45, 7) is 0. The van der Waals surface area contributed by atoms with Gasteiger partial charge in [-0.2, -0.15) is 0 Å². The van der Waals surface area contributed by atoms with E-state index in [4.69, 9.17) is 0 Å². The molecule has 0 saturated carbocycles. The SMILES string of the molecule is c1ccc(-n2c3ccccc3c3ccc(N(c4ccc(-c5ccc6cc(-c7ccc8ccccc8c7)ccc6c5)cc4)c4cccc5ccccc45)cc32)cc1. The van der Waals surface area contributed by atoms with Crippen LogP contribution in [0.3, 0.4) is 0 Å². The number of rotatable bonds is 6. The van der Waals surface area contributed by atoms with Gasteiger partial charge in [-0.25, -0.2) is 0 Å². The summed E-state index contributed by atoms with van der Waals surface area (Å²) in [7, 11) is 0. The van der Waals surface area contributed by atoms with E-state index in [0.717, 1.165) is 22.7 Å². The van der Waals surface area contributed by atoms with Crippen LogP contribution in [0.2, 0.25) is 0 Å². The van der Waals surface area contributed by atoms with E-state index >= 15 is 0 Å². The van der Waals surface area contributed by atoms with Gasteiger partial charge < -0.3 is 9.47 Å². The lowest BCUT2D eigenvalue weighted by Gasteiger charge is -2.27. The van der Waals surface area contributed by atoms with E-state index in [2.05, 4.69) is 228 Å². The third kappa shape index (κ3) is 5.42. The fourth-order valence-electron chi connectivity index (χ4n) is 8.56. The van der Waals surface area contributed by atoms with Gasteiger partial charge in [-0.1, -0.05) is 152 Å². The summed E-state index contributed by atoms with van der Waals surface area (Å²) in [6, 6.07) is 79.5. The smallest absolute Gasteiger partial charge is 0.0561 e. The maximum Gasteiger partial charge on any atom is 0.0561 e. The topological polar surface area (TPSA) is 8.17 Å². The first-order valence-electron chi connectivity index (χ1n) is 19.3. The monoisotopic (exact) mass is 712 g/mol. The van der Waals surface area contributed by atoms with E-state index < -0.39 is 0 Å². The molecule has 0 radical (unpaired) electrons. The van der Waals surface area contributed by atoms with E-state index in [-0.39, 0.29) is 0 Å². The van der Waals surface area contributed by atoms with Crippen LogP contribution >= 0.6 is 0 Å². The Morgan fingerprint density at radius 2 is 0.804 bits per heavy atom. The van der Waals surface area contributed by atoms with Gasteiger partial charge in [0, 0.05) is 33.2 Å². The number of hydrogen-bond acceptors (Lipinski definition) is 1. The molecular formula is C54H36N2. The van der Waals surface area contributed by atoms with E-state index in [0.29, 0.717) is 0 Å². The highest BCUT2D eigenvalue weighted by atomic mass is 15.1. The Kier molecular flexibility index (Phi) is 7.53. The predicted octanol–water partition coefficient (Wildman–Crippen LogP) is 15.0. The van der Waals surface area contributed by atoms with Gasteiger partial charge in [0.15, 0.2) is 0 Å². The van der Waals surface area contributed by atoms with Gasteiger partial charge in [-0.15, -0.1) is 0 Å². The molecule has 11 rings (SSSR count). The molecule has 0 saturated heterocycles. The lowest BCUT2D eigenvalue weighted by atomic mass is 9.96. The zero-order valence-corrected chi connectivity index (χ0v) is 30.7. The highest BCUT2D eigenvalue weighted by molar-refractivity contribution is 6.11. The maximum atomic E-state index is 2.41. The van der Waals surface area contributed by atoms with Crippen molar-refractivity contribution in [2.24, 2.45) is 0 Å². The Morgan fingerprint density at radius 3 is 1.55 bits per heavy atom. The van der Waals surface area contributed by atoms with Crippen molar-refractivity contribution in [3.05, 3.63) is 218 Å². The first-order chi connectivity index (χ1) is 27.7. The molecular weight excluding hydrogens is 677 g/mol. The first-order valence-corrected chi connectivity index (χ1v) is 19.3. The number of para-hydroxylation sites is 2. The van der Waals surface area contributed by atoms with Crippen LogP contribution in [0.1, 0.15) is 0 Å². The second kappa shape index (κ2) is 13.2. The Morgan fingerprint density at radius 1 is 0.286 bits per heavy atom. The average Bonchev–Trinajstić information content (AvgIpc) is 3.60. The van der Waals surface area contributed by atoms with Gasteiger partial charge in [0.05, 0.1) is 16.7 Å². The molecule has 0 spiro atoms. The lowest BCUT2D eigenvalue weighted by Crippen LogP contribution is -2.10. The summed E-state index contributed by atoms with van der Waals surface area (Å²) in [6.07, 6.45) is 0. The molecule has 11 aromatic rings. The van der Waals surface area contributed by atoms with Gasteiger partial charge >= 0.3 is 0 Å². The number of hydrogen-bond donors (Lipinski definition) is 0. The van der Waals surface area contributed by atoms with Crippen LogP contribution in [0, 0.1) is 0 Å². The third-order valence-corrected chi connectivity index (χ3v) is 11.3. The normalized spacial score (nSPS) is 11.6. The minimum Gasteiger partial charge on any atom is -0.310 e. The quantitative estimate of drug-likeness (QED) is 0.167. The van der Waals surface area contributed by atoms with Crippen molar-refractivity contribution in [2.45, 2.75) is 0 Å². The largest absolute Gasteiger partial charge is 0.310 e. The summed E-state index contributed by atoms with van der Waals surface area (Å²) in [4.78, 5) is 2.41. The number of benzene rings is 10. The van der Waals surface area contributed by atoms with Crippen molar-refractivity contribution in [1.29, 1.82) is 0 Å². The average molecular weight is 713 g/mol. The van der Waals surface area contributed by atoms with E-state index in [1.165, 1.54) is 76.4 Å². The van der Waals surface area contributed by atoms with Gasteiger partial charge in [0.2, 0.25) is 0 Å². The molecule has 2 nitrogen and oxygen atoms in total. The predicted molar refractivity (Wildman–Crippen MR) is 239 cm³/mol. The molecule has 10 aromatic carbocycles. The Labute approximate surface area is 325 Å². The highest BCUT2D eigenvalue weighted by Crippen LogP contribution is 2.42. The molecule has 0 aliphatic rings. The molecule has 0 bridgehead atoms. The van der Waals surface area contributed by atoms with Crippen molar-refractivity contribution in [3.8, 4) is 27.9 Å². The molecule has 0 fully saturated rings. The molecule has 0 amide bonds. The van der Waals surface area contributed by atoms with Crippen LogP contribution in [0.25, 0.3) is 82.1 Å². The van der Waals surface area contributed by atoms with Crippen LogP contribution in [-0.2, 0) is 0 Å². The zero-order chi connectivity index (χ0) is 37.0. The summed E-state index contributed by atoms with van der Waals surface area (Å²) in [5.74, 6) is 0. The molecule has 262 valence electrons. The maximum absolute atomic E-state index is 2.41. The van der Waals surface area contributed by atoms with Gasteiger partial charge in [-0.3, -0.25) is 0 Å². The molecule has 0 unspecified atom stereocenters. The van der Waals surface area contributed by atoms with Gasteiger partial charge in [0.25, 0.3) is 0 Å². The molecule has 0 aliphatic heterocycles. The second-order valence-corrected chi connectivity index (χ2v) is 14.6. The summed E-state index contributed by atoms with van der Waals surface area (Å²) in [5, 5.41) is 9.91. The summed E-state index contributed by atoms with van der Waals surface area (Å²) >= 11 is 0. The second-order valence-electron chi connectivity index (χ2n) is 14.6. The van der Waals surface area contributed by atoms with Crippen molar-refractivity contribution >= 4 is 71.2 Å². The van der Waals surface area contributed by atoms with Crippen LogP contribution < -0.4 is 4.90 Å². The van der Waals surface area contributed by atoms with Crippen LogP contribution in [0.15, 0.2) is 218 Å². The van der Waals surface area contributed by atoms with Crippen molar-refractivity contribution in [2.75, 3.05) is 4.90 Å². The van der Waals surface area contributed by atoms with Crippen LogP contribution in [-0.4, -0.2) is 4.57 Å². The van der Waals surface area contributed by atoms with Crippen molar-refractivity contribution < 1.29 is 0 Å². The van der Waals surface area contributed by atoms with E-state index in [9.17, 15) is 0 Å². The van der Waals surface area contributed by atoms with Crippen LogP contribution in [0.4, 0.5) is 17.1 Å². The van der Waals surface area contributed by atoms with Crippen molar-refractivity contribution in [3.63, 3.8) is 0 Å². The third-order valence-electron chi connectivity index (χ3n) is 11.3. The summed E-state index contributed by atoms with van der Waals surface area (Å²) in [5.41, 5.74) is 11.7. The lowest BCUT2D eigenvalue weighted by molar-refractivity contribution is 1.18. The number of anilines is 3. The molecule has 2 heteroatoms. The minimum absolute atomic E-state index is 1.10. The van der Waals surface area contributed by atoms with Gasteiger partial charge in [-0.05, 0) is 116 Å². The molecule has 0 atom stereocenters. The van der Waals surface area contributed by atoms with E-state index in [1.807, 2.05) is 0 Å². The Bertz CT molecular complexity index is 3240. The molecule has 0 N–H and O–H groups in total. The zero-order valence-electron chi connectivity index (χ0n) is 30.7. The number of fused-ring (bicyclic) bond motifs is 6.